The van der Waals surface area contributed by atoms with E-state index in [2.05, 4.69) is 9.98 Å². The van der Waals surface area contributed by atoms with Gasteiger partial charge in [0.15, 0.2) is 11.0 Å². The van der Waals surface area contributed by atoms with Crippen molar-refractivity contribution in [2.24, 2.45) is 4.99 Å². The number of hydrogen-bond donors (Lipinski definition) is 1. The molecule has 5 nitrogen and oxygen atoms in total. The van der Waals surface area contributed by atoms with Crippen molar-refractivity contribution < 1.29 is 19.0 Å². The SMILES string of the molecule is CCN=C/C(C(=O)OCC)=C(/O)c1cnc(Cl)c(F)c1. The summed E-state index contributed by atoms with van der Waals surface area (Å²) >= 11 is 5.46. The van der Waals surface area contributed by atoms with E-state index < -0.39 is 17.5 Å². The molecule has 0 atom stereocenters. The van der Waals surface area contributed by atoms with Crippen LogP contribution in [0.2, 0.25) is 5.15 Å². The molecule has 0 fully saturated rings. The Morgan fingerprint density at radius 2 is 2.30 bits per heavy atom. The van der Waals surface area contributed by atoms with Crippen LogP contribution in [-0.2, 0) is 9.53 Å². The van der Waals surface area contributed by atoms with Gasteiger partial charge in [-0.15, -0.1) is 0 Å². The number of nitrogens with zero attached hydrogens (tertiary/aromatic N) is 2. The number of esters is 1. The van der Waals surface area contributed by atoms with E-state index in [9.17, 15) is 14.3 Å². The van der Waals surface area contributed by atoms with E-state index in [-0.39, 0.29) is 22.9 Å². The number of halogens is 2. The number of pyridine rings is 1. The molecule has 1 rings (SSSR count). The van der Waals surface area contributed by atoms with Crippen LogP contribution in [0.15, 0.2) is 22.8 Å². The van der Waals surface area contributed by atoms with Crippen LogP contribution in [-0.4, -0.2) is 35.4 Å². The van der Waals surface area contributed by atoms with Crippen molar-refractivity contribution in [2.45, 2.75) is 13.8 Å². The second-order valence-electron chi connectivity index (χ2n) is 3.61. The fourth-order valence-electron chi connectivity index (χ4n) is 1.31. The summed E-state index contributed by atoms with van der Waals surface area (Å²) in [7, 11) is 0. The van der Waals surface area contributed by atoms with Crippen LogP contribution in [0.4, 0.5) is 4.39 Å². The van der Waals surface area contributed by atoms with E-state index >= 15 is 0 Å². The van der Waals surface area contributed by atoms with Crippen LogP contribution < -0.4 is 0 Å². The van der Waals surface area contributed by atoms with Crippen molar-refractivity contribution in [3.63, 3.8) is 0 Å². The summed E-state index contributed by atoms with van der Waals surface area (Å²) in [5, 5.41) is 9.74. The molecule has 0 aromatic carbocycles. The fourth-order valence-corrected chi connectivity index (χ4v) is 1.41. The molecule has 0 radical (unpaired) electrons. The first-order valence-electron chi connectivity index (χ1n) is 5.92. The summed E-state index contributed by atoms with van der Waals surface area (Å²) in [5.41, 5.74) is -0.158. The number of carbonyl (C=O) groups is 1. The Hall–Kier alpha value is -1.95. The van der Waals surface area contributed by atoms with Crippen LogP contribution in [0.1, 0.15) is 19.4 Å². The summed E-state index contributed by atoms with van der Waals surface area (Å²) in [6.07, 6.45) is 2.33. The smallest absolute Gasteiger partial charge is 0.343 e. The van der Waals surface area contributed by atoms with E-state index in [4.69, 9.17) is 16.3 Å². The van der Waals surface area contributed by atoms with Crippen LogP contribution in [0.5, 0.6) is 0 Å². The Kier molecular flexibility index (Phi) is 6.11. The lowest BCUT2D eigenvalue weighted by Gasteiger charge is -2.07. The highest BCUT2D eigenvalue weighted by atomic mass is 35.5. The Bertz CT molecular complexity index is 559. The van der Waals surface area contributed by atoms with Crippen molar-refractivity contribution in [2.75, 3.05) is 13.2 Å². The lowest BCUT2D eigenvalue weighted by atomic mass is 10.1. The molecule has 0 bridgehead atoms. The number of carbonyl (C=O) groups excluding carboxylic acids is 1. The number of aliphatic hydroxyl groups excluding tert-OH is 1. The molecule has 0 spiro atoms. The van der Waals surface area contributed by atoms with Gasteiger partial charge >= 0.3 is 5.97 Å². The van der Waals surface area contributed by atoms with Crippen LogP contribution in [0.3, 0.4) is 0 Å². The van der Waals surface area contributed by atoms with Crippen molar-refractivity contribution in [1.82, 2.24) is 4.98 Å². The second kappa shape index (κ2) is 7.59. The number of aliphatic hydroxyl groups is 1. The molecule has 1 aromatic heterocycles. The third kappa shape index (κ3) is 4.03. The summed E-state index contributed by atoms with van der Waals surface area (Å²) < 4.78 is 18.1. The minimum Gasteiger partial charge on any atom is -0.506 e. The van der Waals surface area contributed by atoms with Gasteiger partial charge in [-0.1, -0.05) is 11.6 Å². The number of rotatable bonds is 5. The standard InChI is InChI=1S/C13H14ClFN2O3/c1-3-16-7-9(13(19)20-4-2)11(18)8-5-10(15)12(14)17-6-8/h5-7,18H,3-4H2,1-2H3/b11-9-,16-7?. The molecule has 0 aliphatic heterocycles. The van der Waals surface area contributed by atoms with E-state index in [0.717, 1.165) is 12.3 Å². The van der Waals surface area contributed by atoms with Crippen molar-refractivity contribution in [1.29, 1.82) is 0 Å². The molecule has 0 saturated carbocycles. The quantitative estimate of drug-likeness (QED) is 0.298. The Morgan fingerprint density at radius 1 is 1.60 bits per heavy atom. The molecule has 1 aromatic rings. The lowest BCUT2D eigenvalue weighted by Crippen LogP contribution is -2.11. The highest BCUT2D eigenvalue weighted by Crippen LogP contribution is 2.19. The Labute approximate surface area is 120 Å². The van der Waals surface area contributed by atoms with E-state index in [1.807, 2.05) is 0 Å². The lowest BCUT2D eigenvalue weighted by molar-refractivity contribution is -0.137. The molecule has 0 unspecified atom stereocenters. The minimum atomic E-state index is -0.800. The zero-order valence-corrected chi connectivity index (χ0v) is 11.8. The van der Waals surface area contributed by atoms with Gasteiger partial charge < -0.3 is 9.84 Å². The summed E-state index contributed by atoms with van der Waals surface area (Å²) in [6, 6.07) is 0.976. The van der Waals surface area contributed by atoms with Gasteiger partial charge in [-0.05, 0) is 19.9 Å². The average molecular weight is 301 g/mol. The predicted molar refractivity (Wildman–Crippen MR) is 74.4 cm³/mol. The van der Waals surface area contributed by atoms with Crippen molar-refractivity contribution in [3.05, 3.63) is 34.4 Å². The molecule has 0 amide bonds. The average Bonchev–Trinajstić information content (AvgIpc) is 2.42. The van der Waals surface area contributed by atoms with Gasteiger partial charge in [0.05, 0.1) is 6.61 Å². The second-order valence-corrected chi connectivity index (χ2v) is 3.97. The molecule has 7 heteroatoms. The monoisotopic (exact) mass is 300 g/mol. The van der Waals surface area contributed by atoms with Gasteiger partial charge in [0.1, 0.15) is 11.3 Å². The van der Waals surface area contributed by atoms with Gasteiger partial charge in [0, 0.05) is 24.5 Å². The molecule has 108 valence electrons. The predicted octanol–water partition coefficient (Wildman–Crippen LogP) is 2.80. The highest BCUT2D eigenvalue weighted by Gasteiger charge is 2.17. The van der Waals surface area contributed by atoms with Crippen LogP contribution >= 0.6 is 11.6 Å². The number of aromatic nitrogens is 1. The fraction of sp³-hybridized carbons (Fsp3) is 0.308. The zero-order chi connectivity index (χ0) is 15.1. The van der Waals surface area contributed by atoms with Crippen molar-refractivity contribution >= 4 is 29.5 Å². The van der Waals surface area contributed by atoms with E-state index in [0.29, 0.717) is 6.54 Å². The van der Waals surface area contributed by atoms with E-state index in [1.54, 1.807) is 13.8 Å². The summed E-state index contributed by atoms with van der Waals surface area (Å²) in [4.78, 5) is 19.2. The van der Waals surface area contributed by atoms with E-state index in [1.165, 1.54) is 6.21 Å². The molecule has 20 heavy (non-hydrogen) atoms. The molecular formula is C13H14ClFN2O3. The third-order valence-corrected chi connectivity index (χ3v) is 2.50. The maximum atomic E-state index is 13.3. The largest absolute Gasteiger partial charge is 0.506 e. The molecule has 1 N–H and O–H groups in total. The highest BCUT2D eigenvalue weighted by molar-refractivity contribution is 6.29. The third-order valence-electron chi connectivity index (χ3n) is 2.22. The van der Waals surface area contributed by atoms with Crippen molar-refractivity contribution in [3.8, 4) is 0 Å². The Morgan fingerprint density at radius 3 is 2.85 bits per heavy atom. The normalized spacial score (nSPS) is 12.4. The number of ether oxygens (including phenoxy) is 1. The van der Waals surface area contributed by atoms with Crippen LogP contribution in [0.25, 0.3) is 5.76 Å². The van der Waals surface area contributed by atoms with Gasteiger partial charge in [0.2, 0.25) is 0 Å². The molecule has 0 aliphatic carbocycles. The van der Waals surface area contributed by atoms with Gasteiger partial charge in [0.25, 0.3) is 0 Å². The maximum Gasteiger partial charge on any atom is 0.343 e. The molecular weight excluding hydrogens is 287 g/mol. The first kappa shape index (κ1) is 16.1. The zero-order valence-electron chi connectivity index (χ0n) is 11.1. The molecule has 1 heterocycles. The first-order chi connectivity index (χ1) is 9.51. The maximum absolute atomic E-state index is 13.3. The molecule has 0 aliphatic rings. The number of aliphatic imine (C=N–C) groups is 1. The van der Waals surface area contributed by atoms with Gasteiger partial charge in [-0.25, -0.2) is 14.2 Å². The summed E-state index contributed by atoms with van der Waals surface area (Å²) in [5.74, 6) is -2.02. The van der Waals surface area contributed by atoms with Crippen LogP contribution in [0, 0.1) is 5.82 Å². The minimum absolute atomic E-state index is 0.0116. The molecule has 0 saturated heterocycles. The topological polar surface area (TPSA) is 71.8 Å². The van der Waals surface area contributed by atoms with Gasteiger partial charge in [-0.2, -0.15) is 0 Å². The summed E-state index contributed by atoms with van der Waals surface area (Å²) in [6.45, 7) is 3.96. The number of hydrogen-bond acceptors (Lipinski definition) is 5. The first-order valence-corrected chi connectivity index (χ1v) is 6.30. The Balaban J connectivity index is 3.27. The van der Waals surface area contributed by atoms with Gasteiger partial charge in [-0.3, -0.25) is 4.99 Å².